The van der Waals surface area contributed by atoms with E-state index in [9.17, 15) is 9.46 Å². The summed E-state index contributed by atoms with van der Waals surface area (Å²) in [5.41, 5.74) is 0. The van der Waals surface area contributed by atoms with Gasteiger partial charge in [0, 0.05) is 6.42 Å². The zero-order valence-electron chi connectivity index (χ0n) is 10.2. The smallest absolute Gasteiger partial charge is 0.268 e. The van der Waals surface area contributed by atoms with Crippen LogP contribution in [0.3, 0.4) is 0 Å². The molecule has 0 heterocycles. The van der Waals surface area contributed by atoms with E-state index >= 15 is 0 Å². The first-order chi connectivity index (χ1) is 6.62. The SMILES string of the molecule is CC(C)OP(=O)([O-])OCCC[N+](C)(C)C. The Hall–Kier alpha value is 0.0700. The van der Waals surface area contributed by atoms with Crippen LogP contribution in [0.2, 0.25) is 0 Å². The second-order valence-corrected chi connectivity index (χ2v) is 6.17. The van der Waals surface area contributed by atoms with Crippen LogP contribution in [0, 0.1) is 0 Å². The monoisotopic (exact) mass is 239 g/mol. The van der Waals surface area contributed by atoms with Crippen LogP contribution in [0.4, 0.5) is 0 Å². The largest absolute Gasteiger partial charge is 0.756 e. The summed E-state index contributed by atoms with van der Waals surface area (Å²) in [6.07, 6.45) is 0.323. The molecule has 0 aliphatic heterocycles. The summed E-state index contributed by atoms with van der Waals surface area (Å²) >= 11 is 0. The number of hydrogen-bond acceptors (Lipinski definition) is 4. The van der Waals surface area contributed by atoms with Gasteiger partial charge in [-0.15, -0.1) is 0 Å². The minimum Gasteiger partial charge on any atom is -0.756 e. The quantitative estimate of drug-likeness (QED) is 0.377. The van der Waals surface area contributed by atoms with Crippen LogP contribution in [0.15, 0.2) is 0 Å². The number of quaternary nitrogens is 1. The van der Waals surface area contributed by atoms with E-state index < -0.39 is 7.82 Å². The van der Waals surface area contributed by atoms with Crippen molar-refractivity contribution in [2.45, 2.75) is 26.4 Å². The standard InChI is InChI=1S/C9H22NO4P/c1-9(2)14-15(11,12)13-8-6-7-10(3,4)5/h9H,6-8H2,1-5H3. The molecule has 0 saturated heterocycles. The second-order valence-electron chi connectivity index (χ2n) is 4.80. The van der Waals surface area contributed by atoms with Crippen LogP contribution in [-0.4, -0.2) is 44.9 Å². The van der Waals surface area contributed by atoms with Gasteiger partial charge in [-0.05, 0) is 13.8 Å². The van der Waals surface area contributed by atoms with Crippen LogP contribution >= 0.6 is 7.82 Å². The normalized spacial score (nSPS) is 16.7. The van der Waals surface area contributed by atoms with Crippen molar-refractivity contribution in [1.82, 2.24) is 0 Å². The minimum absolute atomic E-state index is 0.184. The Labute approximate surface area is 92.2 Å². The van der Waals surface area contributed by atoms with Gasteiger partial charge in [0.15, 0.2) is 0 Å². The fourth-order valence-corrected chi connectivity index (χ4v) is 1.93. The predicted octanol–water partition coefficient (Wildman–Crippen LogP) is 0.993. The molecule has 6 heteroatoms. The molecule has 0 aromatic heterocycles. The first kappa shape index (κ1) is 15.1. The van der Waals surface area contributed by atoms with E-state index in [0.717, 1.165) is 11.0 Å². The second kappa shape index (κ2) is 5.97. The highest BCUT2D eigenvalue weighted by molar-refractivity contribution is 7.45. The Morgan fingerprint density at radius 1 is 1.33 bits per heavy atom. The van der Waals surface area contributed by atoms with Crippen molar-refractivity contribution in [3.8, 4) is 0 Å². The zero-order valence-corrected chi connectivity index (χ0v) is 11.1. The highest BCUT2D eigenvalue weighted by Gasteiger charge is 2.12. The van der Waals surface area contributed by atoms with Crippen molar-refractivity contribution in [3.05, 3.63) is 0 Å². The number of hydrogen-bond donors (Lipinski definition) is 0. The molecular weight excluding hydrogens is 217 g/mol. The molecule has 15 heavy (non-hydrogen) atoms. The Morgan fingerprint density at radius 3 is 2.27 bits per heavy atom. The van der Waals surface area contributed by atoms with Crippen molar-refractivity contribution in [2.75, 3.05) is 34.3 Å². The molecule has 5 nitrogen and oxygen atoms in total. The molecule has 0 aliphatic rings. The maximum absolute atomic E-state index is 11.1. The summed E-state index contributed by atoms with van der Waals surface area (Å²) in [6.45, 7) is 4.35. The molecule has 1 atom stereocenters. The molecule has 0 aromatic carbocycles. The maximum atomic E-state index is 11.1. The number of phosphoric acid groups is 1. The topological polar surface area (TPSA) is 58.6 Å². The fourth-order valence-electron chi connectivity index (χ4n) is 1.00. The number of phosphoric ester groups is 1. The van der Waals surface area contributed by atoms with Crippen LogP contribution < -0.4 is 4.89 Å². The molecule has 0 fully saturated rings. The third-order valence-electron chi connectivity index (χ3n) is 1.56. The minimum atomic E-state index is -4.09. The molecule has 0 bridgehead atoms. The molecule has 0 radical (unpaired) electrons. The molecule has 0 rings (SSSR count). The lowest BCUT2D eigenvalue weighted by Crippen LogP contribution is -2.35. The summed E-state index contributed by atoms with van der Waals surface area (Å²) in [5, 5.41) is 0. The van der Waals surface area contributed by atoms with Gasteiger partial charge in [0.25, 0.3) is 7.82 Å². The van der Waals surface area contributed by atoms with Crippen molar-refractivity contribution >= 4 is 7.82 Å². The van der Waals surface area contributed by atoms with Crippen LogP contribution in [0.1, 0.15) is 20.3 Å². The summed E-state index contributed by atoms with van der Waals surface area (Å²) in [7, 11) is 2.04. The zero-order chi connectivity index (χ0) is 12.1. The third-order valence-corrected chi connectivity index (χ3v) is 2.74. The van der Waals surface area contributed by atoms with E-state index in [1.807, 2.05) is 21.1 Å². The summed E-state index contributed by atoms with van der Waals surface area (Å²) in [5.74, 6) is 0. The van der Waals surface area contributed by atoms with Gasteiger partial charge in [-0.2, -0.15) is 0 Å². The van der Waals surface area contributed by atoms with E-state index in [-0.39, 0.29) is 12.7 Å². The lowest BCUT2D eigenvalue weighted by Gasteiger charge is -2.26. The molecule has 0 saturated carbocycles. The Balaban J connectivity index is 3.72. The lowest BCUT2D eigenvalue weighted by molar-refractivity contribution is -0.870. The third kappa shape index (κ3) is 10.4. The summed E-state index contributed by atoms with van der Waals surface area (Å²) in [4.78, 5) is 11.1. The predicted molar refractivity (Wildman–Crippen MR) is 57.3 cm³/mol. The molecule has 0 spiro atoms. The van der Waals surface area contributed by atoms with Crippen LogP contribution in [-0.2, 0) is 13.6 Å². The van der Waals surface area contributed by atoms with Gasteiger partial charge in [0.2, 0.25) is 0 Å². The van der Waals surface area contributed by atoms with Gasteiger partial charge in [-0.25, -0.2) is 0 Å². The molecule has 0 aromatic rings. The number of rotatable bonds is 7. The average Bonchev–Trinajstić information content (AvgIpc) is 1.93. The van der Waals surface area contributed by atoms with Crippen LogP contribution in [0.25, 0.3) is 0 Å². The molecule has 92 valence electrons. The van der Waals surface area contributed by atoms with Gasteiger partial charge in [-0.3, -0.25) is 4.57 Å². The van der Waals surface area contributed by atoms with E-state index in [0.29, 0.717) is 6.42 Å². The highest BCUT2D eigenvalue weighted by Crippen LogP contribution is 2.39. The summed E-state index contributed by atoms with van der Waals surface area (Å²) < 4.78 is 21.3. The number of nitrogens with zero attached hydrogens (tertiary/aromatic N) is 1. The maximum Gasteiger partial charge on any atom is 0.268 e. The van der Waals surface area contributed by atoms with Crippen LogP contribution in [0.5, 0.6) is 0 Å². The Bertz CT molecular complexity index is 225. The molecule has 0 N–H and O–H groups in total. The van der Waals surface area contributed by atoms with Gasteiger partial charge < -0.3 is 18.4 Å². The lowest BCUT2D eigenvalue weighted by atomic mass is 10.4. The van der Waals surface area contributed by atoms with E-state index in [4.69, 9.17) is 4.52 Å². The van der Waals surface area contributed by atoms with E-state index in [1.165, 1.54) is 0 Å². The molecule has 1 unspecified atom stereocenters. The Morgan fingerprint density at radius 2 is 1.87 bits per heavy atom. The summed E-state index contributed by atoms with van der Waals surface area (Å²) in [6, 6.07) is 0. The molecular formula is C9H22NO4P. The van der Waals surface area contributed by atoms with Crippen molar-refractivity contribution in [3.63, 3.8) is 0 Å². The van der Waals surface area contributed by atoms with Crippen molar-refractivity contribution < 1.29 is 23.0 Å². The molecule has 0 amide bonds. The highest BCUT2D eigenvalue weighted by atomic mass is 31.2. The average molecular weight is 239 g/mol. The van der Waals surface area contributed by atoms with E-state index in [2.05, 4.69) is 4.52 Å². The first-order valence-electron chi connectivity index (χ1n) is 5.07. The first-order valence-corrected chi connectivity index (χ1v) is 6.53. The molecule has 0 aliphatic carbocycles. The van der Waals surface area contributed by atoms with E-state index in [1.54, 1.807) is 13.8 Å². The van der Waals surface area contributed by atoms with Crippen molar-refractivity contribution in [1.29, 1.82) is 0 Å². The van der Waals surface area contributed by atoms with Gasteiger partial charge in [0.1, 0.15) is 0 Å². The Kier molecular flexibility index (Phi) is 5.99. The van der Waals surface area contributed by atoms with Crippen molar-refractivity contribution in [2.24, 2.45) is 0 Å². The fraction of sp³-hybridized carbons (Fsp3) is 1.00. The van der Waals surface area contributed by atoms with Gasteiger partial charge in [-0.1, -0.05) is 0 Å². The van der Waals surface area contributed by atoms with Gasteiger partial charge in [0.05, 0.1) is 40.4 Å². The van der Waals surface area contributed by atoms with Gasteiger partial charge >= 0.3 is 0 Å².